The summed E-state index contributed by atoms with van der Waals surface area (Å²) in [4.78, 5) is 17.8. The minimum absolute atomic E-state index is 0. The average Bonchev–Trinajstić information content (AvgIpc) is 2.97. The van der Waals surface area contributed by atoms with Crippen molar-refractivity contribution in [2.24, 2.45) is 0 Å². The van der Waals surface area contributed by atoms with Crippen LogP contribution >= 0.6 is 12.4 Å². The van der Waals surface area contributed by atoms with E-state index in [1.54, 1.807) is 12.3 Å². The fourth-order valence-corrected chi connectivity index (χ4v) is 3.94. The van der Waals surface area contributed by atoms with Gasteiger partial charge in [0.2, 0.25) is 0 Å². The summed E-state index contributed by atoms with van der Waals surface area (Å²) in [5, 5.41) is 0.710. The van der Waals surface area contributed by atoms with E-state index in [4.69, 9.17) is 4.74 Å². The summed E-state index contributed by atoms with van der Waals surface area (Å²) in [5.74, 6) is -0.632. The van der Waals surface area contributed by atoms with Crippen molar-refractivity contribution >= 4 is 29.3 Å². The lowest BCUT2D eigenvalue weighted by molar-refractivity contribution is -0.000260. The second-order valence-electron chi connectivity index (χ2n) is 6.44. The molecule has 23 heavy (non-hydrogen) atoms. The van der Waals surface area contributed by atoms with Crippen LogP contribution in [0.15, 0.2) is 24.4 Å². The number of nitrogens with zero attached hydrogens (tertiary/aromatic N) is 1. The molecule has 1 aromatic carbocycles. The van der Waals surface area contributed by atoms with E-state index < -0.39 is 0 Å². The molecule has 2 saturated heterocycles. The van der Waals surface area contributed by atoms with Gasteiger partial charge in [0.1, 0.15) is 11.9 Å². The molecule has 0 radical (unpaired) electrons. The number of nitrogens with one attached hydrogen (secondary N) is 1. The van der Waals surface area contributed by atoms with Gasteiger partial charge in [-0.05, 0) is 38.1 Å². The Balaban J connectivity index is 0.00000156. The zero-order valence-electron chi connectivity index (χ0n) is 12.9. The van der Waals surface area contributed by atoms with Gasteiger partial charge in [0, 0.05) is 42.0 Å². The number of esters is 1. The monoisotopic (exact) mass is 338 g/mol. The SMILES string of the molecule is CN1[C@@H]2CC[C@@H]1CC(OC(=O)c1c[nH]c3cc(F)ccc13)C2.Cl. The zero-order valence-corrected chi connectivity index (χ0v) is 13.7. The van der Waals surface area contributed by atoms with E-state index in [9.17, 15) is 9.18 Å². The summed E-state index contributed by atoms with van der Waals surface area (Å²) in [5.41, 5.74) is 1.11. The molecule has 4 nitrogen and oxygen atoms in total. The van der Waals surface area contributed by atoms with E-state index in [1.807, 2.05) is 0 Å². The standard InChI is InChI=1S/C17H19FN2O2.ClH/c1-20-11-3-4-12(20)8-13(7-11)22-17(21)15-9-19-16-6-10(18)2-5-14(15)16;/h2,5-6,9,11-13,19H,3-4,7-8H2,1H3;1H/t11-,12-;/m1./s1. The predicted molar refractivity (Wildman–Crippen MR) is 88.5 cm³/mol. The normalized spacial score (nSPS) is 27.0. The molecule has 4 rings (SSSR count). The molecule has 1 aromatic heterocycles. The van der Waals surface area contributed by atoms with Gasteiger partial charge in [0.15, 0.2) is 0 Å². The first kappa shape index (κ1) is 16.3. The topological polar surface area (TPSA) is 45.3 Å². The zero-order chi connectivity index (χ0) is 15.3. The van der Waals surface area contributed by atoms with Gasteiger partial charge in [-0.3, -0.25) is 0 Å². The Morgan fingerprint density at radius 1 is 1.30 bits per heavy atom. The summed E-state index contributed by atoms with van der Waals surface area (Å²) in [7, 11) is 2.16. The third-order valence-electron chi connectivity index (χ3n) is 5.19. The minimum Gasteiger partial charge on any atom is -0.459 e. The number of aromatic amines is 1. The molecule has 2 fully saturated rings. The van der Waals surface area contributed by atoms with Crippen molar-refractivity contribution in [2.45, 2.75) is 43.9 Å². The Hall–Kier alpha value is -1.59. The molecule has 1 N–H and O–H groups in total. The van der Waals surface area contributed by atoms with Crippen LogP contribution in [0.1, 0.15) is 36.0 Å². The summed E-state index contributed by atoms with van der Waals surface area (Å²) in [6.07, 6.45) is 5.82. The van der Waals surface area contributed by atoms with Gasteiger partial charge in [0.05, 0.1) is 5.56 Å². The van der Waals surface area contributed by atoms with Gasteiger partial charge in [-0.25, -0.2) is 9.18 Å². The smallest absolute Gasteiger partial charge is 0.340 e. The molecule has 0 aliphatic carbocycles. The maximum absolute atomic E-state index is 13.2. The van der Waals surface area contributed by atoms with Crippen LogP contribution < -0.4 is 0 Å². The number of H-pyrrole nitrogens is 1. The summed E-state index contributed by atoms with van der Waals surface area (Å²) in [6.45, 7) is 0. The van der Waals surface area contributed by atoms with Crippen molar-refractivity contribution < 1.29 is 13.9 Å². The molecule has 0 amide bonds. The molecule has 2 aromatic rings. The molecule has 6 heteroatoms. The first-order chi connectivity index (χ1) is 10.6. The third kappa shape index (κ3) is 2.83. The van der Waals surface area contributed by atoms with Crippen LogP contribution in [0, 0.1) is 5.82 Å². The lowest BCUT2D eigenvalue weighted by atomic mass is 10.0. The highest BCUT2D eigenvalue weighted by Crippen LogP contribution is 2.36. The highest BCUT2D eigenvalue weighted by molar-refractivity contribution is 6.04. The van der Waals surface area contributed by atoms with Gasteiger partial charge in [-0.1, -0.05) is 0 Å². The van der Waals surface area contributed by atoms with Crippen LogP contribution in [-0.4, -0.2) is 41.1 Å². The Morgan fingerprint density at radius 3 is 2.70 bits per heavy atom. The van der Waals surface area contributed by atoms with Gasteiger partial charge >= 0.3 is 5.97 Å². The van der Waals surface area contributed by atoms with Gasteiger partial charge in [-0.2, -0.15) is 0 Å². The molecule has 0 saturated carbocycles. The van der Waals surface area contributed by atoms with E-state index in [2.05, 4.69) is 16.9 Å². The van der Waals surface area contributed by atoms with Crippen LogP contribution in [0.25, 0.3) is 10.9 Å². The van der Waals surface area contributed by atoms with Gasteiger partial charge in [-0.15, -0.1) is 12.4 Å². The van der Waals surface area contributed by atoms with Crippen LogP contribution in [-0.2, 0) is 4.74 Å². The van der Waals surface area contributed by atoms with Crippen molar-refractivity contribution in [3.8, 4) is 0 Å². The predicted octanol–water partition coefficient (Wildman–Crippen LogP) is 3.51. The molecule has 2 atom stereocenters. The molecular weight excluding hydrogens is 319 g/mol. The van der Waals surface area contributed by atoms with E-state index in [0.717, 1.165) is 12.8 Å². The Labute approximate surface area is 140 Å². The maximum Gasteiger partial charge on any atom is 0.340 e. The number of ether oxygens (including phenoxy) is 1. The number of hydrogen-bond donors (Lipinski definition) is 1. The van der Waals surface area contributed by atoms with Crippen molar-refractivity contribution in [1.29, 1.82) is 0 Å². The molecule has 2 aliphatic rings. The number of aromatic nitrogens is 1. The van der Waals surface area contributed by atoms with Crippen molar-refractivity contribution in [3.63, 3.8) is 0 Å². The second kappa shape index (κ2) is 6.13. The number of benzene rings is 1. The molecule has 2 aliphatic heterocycles. The average molecular weight is 339 g/mol. The summed E-state index contributed by atoms with van der Waals surface area (Å²) >= 11 is 0. The fraction of sp³-hybridized carbons (Fsp3) is 0.471. The van der Waals surface area contributed by atoms with Gasteiger partial charge < -0.3 is 14.6 Å². The number of rotatable bonds is 2. The Kier molecular flexibility index (Phi) is 4.34. The lowest BCUT2D eigenvalue weighted by Crippen LogP contribution is -2.43. The molecule has 124 valence electrons. The first-order valence-electron chi connectivity index (χ1n) is 7.81. The Morgan fingerprint density at radius 2 is 2.00 bits per heavy atom. The van der Waals surface area contributed by atoms with E-state index in [-0.39, 0.29) is 30.3 Å². The molecule has 0 unspecified atom stereocenters. The van der Waals surface area contributed by atoms with Crippen molar-refractivity contribution in [2.75, 3.05) is 7.05 Å². The maximum atomic E-state index is 13.2. The van der Waals surface area contributed by atoms with Gasteiger partial charge in [0.25, 0.3) is 0 Å². The Bertz CT molecular complexity index is 718. The number of halogens is 2. The van der Waals surface area contributed by atoms with Crippen LogP contribution in [0.2, 0.25) is 0 Å². The van der Waals surface area contributed by atoms with Crippen molar-refractivity contribution in [1.82, 2.24) is 9.88 Å². The van der Waals surface area contributed by atoms with E-state index >= 15 is 0 Å². The fourth-order valence-electron chi connectivity index (χ4n) is 3.94. The number of hydrogen-bond acceptors (Lipinski definition) is 3. The third-order valence-corrected chi connectivity index (χ3v) is 5.19. The highest BCUT2D eigenvalue weighted by Gasteiger charge is 2.40. The summed E-state index contributed by atoms with van der Waals surface area (Å²) < 4.78 is 18.9. The number of carbonyl (C=O) groups excluding carboxylic acids is 1. The van der Waals surface area contributed by atoms with E-state index in [1.165, 1.54) is 25.0 Å². The van der Waals surface area contributed by atoms with E-state index in [0.29, 0.717) is 28.6 Å². The summed E-state index contributed by atoms with van der Waals surface area (Å²) in [6, 6.07) is 5.45. The lowest BCUT2D eigenvalue weighted by Gasteiger charge is -2.35. The number of carbonyl (C=O) groups is 1. The molecule has 2 bridgehead atoms. The first-order valence-corrected chi connectivity index (χ1v) is 7.81. The minimum atomic E-state index is -0.318. The van der Waals surface area contributed by atoms with Crippen molar-refractivity contribution in [3.05, 3.63) is 35.8 Å². The number of piperidine rings is 1. The number of fused-ring (bicyclic) bond motifs is 3. The molecule has 3 heterocycles. The van der Waals surface area contributed by atoms with Crippen LogP contribution in [0.3, 0.4) is 0 Å². The largest absolute Gasteiger partial charge is 0.459 e. The highest BCUT2D eigenvalue weighted by atomic mass is 35.5. The molecule has 0 spiro atoms. The van der Waals surface area contributed by atoms with Crippen LogP contribution in [0.5, 0.6) is 0 Å². The van der Waals surface area contributed by atoms with Crippen LogP contribution in [0.4, 0.5) is 4.39 Å². The second-order valence-corrected chi connectivity index (χ2v) is 6.44. The quantitative estimate of drug-likeness (QED) is 0.852. The molecular formula is C17H20ClFN2O2.